The van der Waals surface area contributed by atoms with E-state index in [0.717, 1.165) is 48.4 Å². The van der Waals surface area contributed by atoms with Crippen LogP contribution in [0.15, 0.2) is 47.2 Å². The van der Waals surface area contributed by atoms with Gasteiger partial charge in [0.1, 0.15) is 11.5 Å². The van der Waals surface area contributed by atoms with Crippen LogP contribution in [0, 0.1) is 0 Å². The Morgan fingerprint density at radius 2 is 1.91 bits per heavy atom. The van der Waals surface area contributed by atoms with Crippen molar-refractivity contribution in [3.8, 4) is 11.5 Å². The van der Waals surface area contributed by atoms with Crippen LogP contribution < -0.4 is 9.47 Å². The molecule has 0 spiro atoms. The number of aromatic nitrogens is 3. The molecule has 2 atom stereocenters. The Morgan fingerprint density at radius 1 is 1.06 bits per heavy atom. The number of hydrogen-bond acceptors (Lipinski definition) is 7. The van der Waals surface area contributed by atoms with E-state index in [0.29, 0.717) is 5.92 Å². The van der Waals surface area contributed by atoms with Crippen molar-refractivity contribution in [2.24, 2.45) is 0 Å². The number of ether oxygens (including phenoxy) is 2. The highest BCUT2D eigenvalue weighted by atomic mass is 16.5. The molecule has 3 aromatic rings. The van der Waals surface area contributed by atoms with Crippen molar-refractivity contribution in [1.29, 1.82) is 0 Å². The first-order valence-corrected chi connectivity index (χ1v) is 11.4. The van der Waals surface area contributed by atoms with E-state index < -0.39 is 0 Å². The lowest BCUT2D eigenvalue weighted by Gasteiger charge is -2.18. The lowest BCUT2D eigenvalue weighted by Crippen LogP contribution is -2.20. The summed E-state index contributed by atoms with van der Waals surface area (Å²) in [5.41, 5.74) is 2.35. The molecule has 2 unspecified atom stereocenters. The van der Waals surface area contributed by atoms with Gasteiger partial charge >= 0.3 is 0 Å². The van der Waals surface area contributed by atoms with E-state index in [1.807, 2.05) is 30.6 Å². The van der Waals surface area contributed by atoms with Gasteiger partial charge in [-0.25, -0.2) is 0 Å². The normalized spacial score (nSPS) is 21.8. The van der Waals surface area contributed by atoms with Crippen LogP contribution in [0.3, 0.4) is 0 Å². The summed E-state index contributed by atoms with van der Waals surface area (Å²) in [5, 5.41) is 4.37. The average Bonchev–Trinajstić information content (AvgIpc) is 3.60. The molecule has 5 rings (SSSR count). The predicted octanol–water partition coefficient (Wildman–Crippen LogP) is 4.52. The van der Waals surface area contributed by atoms with Gasteiger partial charge in [0.15, 0.2) is 5.82 Å². The van der Waals surface area contributed by atoms with E-state index in [9.17, 15) is 0 Å². The highest BCUT2D eigenvalue weighted by Gasteiger charge is 2.39. The molecule has 2 fully saturated rings. The van der Waals surface area contributed by atoms with Crippen LogP contribution in [0.5, 0.6) is 11.5 Å². The zero-order valence-corrected chi connectivity index (χ0v) is 18.7. The first-order chi connectivity index (χ1) is 15.7. The van der Waals surface area contributed by atoms with Gasteiger partial charge in [-0.3, -0.25) is 9.88 Å². The molecule has 0 bridgehead atoms. The van der Waals surface area contributed by atoms with E-state index in [2.05, 4.69) is 27.2 Å². The van der Waals surface area contributed by atoms with Crippen LogP contribution in [0.25, 0.3) is 0 Å². The maximum atomic E-state index is 5.84. The first kappa shape index (κ1) is 20.9. The van der Waals surface area contributed by atoms with Gasteiger partial charge in [-0.15, -0.1) is 0 Å². The van der Waals surface area contributed by atoms with Gasteiger partial charge in [0.2, 0.25) is 5.89 Å². The van der Waals surface area contributed by atoms with Gasteiger partial charge < -0.3 is 14.0 Å². The third-order valence-corrected chi connectivity index (χ3v) is 6.89. The first-order valence-electron chi connectivity index (χ1n) is 11.4. The standard InChI is InChI=1S/C25H30N4O3/c1-30-20-10-9-19(23(12-20)31-2)14-29-15-21(18-8-5-11-26-13-18)22(16-29)25-27-24(28-32-25)17-6-3-4-7-17/h5,8-13,17,21-22H,3-4,6-7,14-16H2,1-2H3. The molecule has 32 heavy (non-hydrogen) atoms. The maximum Gasteiger partial charge on any atom is 0.231 e. The molecule has 1 saturated carbocycles. The summed E-state index contributed by atoms with van der Waals surface area (Å²) >= 11 is 0. The second kappa shape index (κ2) is 9.28. The minimum Gasteiger partial charge on any atom is -0.497 e. The fraction of sp³-hybridized carbons (Fsp3) is 0.480. The smallest absolute Gasteiger partial charge is 0.231 e. The zero-order chi connectivity index (χ0) is 21.9. The molecule has 1 aliphatic heterocycles. The summed E-state index contributed by atoms with van der Waals surface area (Å²) in [4.78, 5) is 11.7. The fourth-order valence-corrected chi connectivity index (χ4v) is 5.17. The highest BCUT2D eigenvalue weighted by Crippen LogP contribution is 2.41. The van der Waals surface area contributed by atoms with Crippen LogP contribution in [0.4, 0.5) is 0 Å². The van der Waals surface area contributed by atoms with Crippen molar-refractivity contribution >= 4 is 0 Å². The summed E-state index contributed by atoms with van der Waals surface area (Å²) in [6.45, 7) is 2.53. The molecule has 1 aromatic carbocycles. The Morgan fingerprint density at radius 3 is 2.66 bits per heavy atom. The zero-order valence-electron chi connectivity index (χ0n) is 18.7. The summed E-state index contributed by atoms with van der Waals surface area (Å²) in [6, 6.07) is 10.1. The van der Waals surface area contributed by atoms with E-state index in [1.54, 1.807) is 14.2 Å². The Bertz CT molecular complexity index is 1030. The van der Waals surface area contributed by atoms with Crippen LogP contribution in [-0.4, -0.2) is 47.3 Å². The molecular weight excluding hydrogens is 404 g/mol. The predicted molar refractivity (Wildman–Crippen MR) is 120 cm³/mol. The topological polar surface area (TPSA) is 73.5 Å². The largest absolute Gasteiger partial charge is 0.497 e. The quantitative estimate of drug-likeness (QED) is 0.541. The molecule has 1 saturated heterocycles. The van der Waals surface area contributed by atoms with E-state index in [-0.39, 0.29) is 11.8 Å². The Hall–Kier alpha value is -2.93. The summed E-state index contributed by atoms with van der Waals surface area (Å²) in [5.74, 6) is 4.12. The number of pyridine rings is 1. The fourth-order valence-electron chi connectivity index (χ4n) is 5.17. The summed E-state index contributed by atoms with van der Waals surface area (Å²) < 4.78 is 16.8. The molecule has 168 valence electrons. The highest BCUT2D eigenvalue weighted by molar-refractivity contribution is 5.41. The van der Waals surface area contributed by atoms with Crippen LogP contribution in [-0.2, 0) is 6.54 Å². The summed E-state index contributed by atoms with van der Waals surface area (Å²) in [7, 11) is 3.37. The molecule has 2 aliphatic rings. The second-order valence-corrected chi connectivity index (χ2v) is 8.84. The maximum absolute atomic E-state index is 5.84. The third kappa shape index (κ3) is 4.21. The number of hydrogen-bond donors (Lipinski definition) is 0. The van der Waals surface area contributed by atoms with Gasteiger partial charge in [-0.2, -0.15) is 4.98 Å². The molecule has 7 nitrogen and oxygen atoms in total. The van der Waals surface area contributed by atoms with E-state index >= 15 is 0 Å². The van der Waals surface area contributed by atoms with Crippen LogP contribution in [0.1, 0.15) is 66.3 Å². The van der Waals surface area contributed by atoms with Crippen LogP contribution in [0.2, 0.25) is 0 Å². The van der Waals surface area contributed by atoms with Crippen molar-refractivity contribution < 1.29 is 14.0 Å². The van der Waals surface area contributed by atoms with Gasteiger partial charge in [0, 0.05) is 55.5 Å². The lowest BCUT2D eigenvalue weighted by molar-refractivity contribution is 0.301. The van der Waals surface area contributed by atoms with Gasteiger partial charge in [-0.05, 0) is 30.5 Å². The van der Waals surface area contributed by atoms with Gasteiger partial charge in [0.25, 0.3) is 0 Å². The SMILES string of the molecule is COc1ccc(CN2CC(c3cccnc3)C(c3nc(C4CCCC4)no3)C2)c(OC)c1. The molecule has 0 radical (unpaired) electrons. The summed E-state index contributed by atoms with van der Waals surface area (Å²) in [6.07, 6.45) is 8.63. The van der Waals surface area contributed by atoms with E-state index in [1.165, 1.54) is 31.2 Å². The molecule has 0 N–H and O–H groups in total. The molecule has 7 heteroatoms. The minimum atomic E-state index is 0.145. The van der Waals surface area contributed by atoms with Gasteiger partial charge in [-0.1, -0.05) is 30.1 Å². The van der Waals surface area contributed by atoms with Crippen molar-refractivity contribution in [1.82, 2.24) is 20.0 Å². The van der Waals surface area contributed by atoms with E-state index in [4.69, 9.17) is 19.0 Å². The number of likely N-dealkylation sites (tertiary alicyclic amines) is 1. The third-order valence-electron chi connectivity index (χ3n) is 6.89. The lowest BCUT2D eigenvalue weighted by atomic mass is 9.90. The molecule has 3 heterocycles. The molecule has 2 aromatic heterocycles. The Balaban J connectivity index is 1.40. The van der Waals surface area contributed by atoms with Gasteiger partial charge in [0.05, 0.1) is 20.1 Å². The number of benzene rings is 1. The van der Waals surface area contributed by atoms with Crippen molar-refractivity contribution in [3.05, 3.63) is 65.6 Å². The minimum absolute atomic E-state index is 0.145. The van der Waals surface area contributed by atoms with Crippen molar-refractivity contribution in [3.63, 3.8) is 0 Å². The monoisotopic (exact) mass is 434 g/mol. The number of methoxy groups -OCH3 is 2. The number of rotatable bonds is 7. The Kier molecular flexibility index (Phi) is 6.08. The average molecular weight is 435 g/mol. The number of nitrogens with zero attached hydrogens (tertiary/aromatic N) is 4. The molecule has 0 amide bonds. The van der Waals surface area contributed by atoms with Crippen molar-refractivity contribution in [2.75, 3.05) is 27.3 Å². The Labute approximate surface area is 188 Å². The molecule has 1 aliphatic carbocycles. The second-order valence-electron chi connectivity index (χ2n) is 8.84. The molecular formula is C25H30N4O3. The van der Waals surface area contributed by atoms with Crippen LogP contribution >= 0.6 is 0 Å². The van der Waals surface area contributed by atoms with Crippen molar-refractivity contribution in [2.45, 2.75) is 50.0 Å².